The van der Waals surface area contributed by atoms with Gasteiger partial charge in [0.05, 0.1) is 27.7 Å². The Morgan fingerprint density at radius 3 is 2.43 bits per heavy atom. The fourth-order valence-electron chi connectivity index (χ4n) is 5.09. The summed E-state index contributed by atoms with van der Waals surface area (Å²) in [4.78, 5) is 56.5. The molecular weight excluding hydrogens is 539 g/mol. The molecule has 0 radical (unpaired) electrons. The predicted octanol–water partition coefficient (Wildman–Crippen LogP) is 4.33. The largest absolute Gasteiger partial charge is 0.478 e. The quantitative estimate of drug-likeness (QED) is 0.290. The molecule has 0 saturated carbocycles. The third-order valence-corrected chi connectivity index (χ3v) is 7.29. The number of aromatic nitrogens is 4. The number of pyridine rings is 1. The van der Waals surface area contributed by atoms with E-state index in [4.69, 9.17) is 0 Å². The number of rotatable bonds is 7. The van der Waals surface area contributed by atoms with E-state index in [1.165, 1.54) is 34.9 Å². The van der Waals surface area contributed by atoms with E-state index in [2.05, 4.69) is 4.98 Å². The zero-order chi connectivity index (χ0) is 29.5. The lowest BCUT2D eigenvalue weighted by molar-refractivity contribution is 0.0696. The topological polar surface area (TPSA) is 116 Å². The Labute approximate surface area is 237 Å². The van der Waals surface area contributed by atoms with Crippen molar-refractivity contribution in [1.82, 2.24) is 18.5 Å². The molecule has 0 aliphatic carbocycles. The lowest BCUT2D eigenvalue weighted by atomic mass is 10.1. The number of imidazole rings is 1. The van der Waals surface area contributed by atoms with Gasteiger partial charge in [0, 0.05) is 30.9 Å². The van der Waals surface area contributed by atoms with Crippen molar-refractivity contribution in [3.63, 3.8) is 0 Å². The highest BCUT2D eigenvalue weighted by atomic mass is 19.1. The minimum atomic E-state index is -1.08. The van der Waals surface area contributed by atoms with Crippen LogP contribution in [-0.2, 0) is 20.0 Å². The Morgan fingerprint density at radius 2 is 1.67 bits per heavy atom. The van der Waals surface area contributed by atoms with Crippen LogP contribution in [-0.4, -0.2) is 35.4 Å². The fraction of sp³-hybridized carbons (Fsp3) is 0.0938. The molecule has 6 aromatic rings. The number of ketones is 1. The van der Waals surface area contributed by atoms with Crippen LogP contribution < -0.4 is 11.2 Å². The molecule has 42 heavy (non-hydrogen) atoms. The predicted molar refractivity (Wildman–Crippen MR) is 155 cm³/mol. The SMILES string of the molecule is Cn1c(=O)n(CCc2ccc(F)cc2)c(=O)c2cc(C(=O)c3nc(-c4cccc(C(=O)O)c4)c4ccccn34)ccc21. The molecule has 0 atom stereocenters. The molecule has 6 rings (SSSR count). The van der Waals surface area contributed by atoms with Gasteiger partial charge < -0.3 is 5.11 Å². The van der Waals surface area contributed by atoms with Gasteiger partial charge in [-0.15, -0.1) is 0 Å². The summed E-state index contributed by atoms with van der Waals surface area (Å²) in [5, 5.41) is 9.63. The number of aryl methyl sites for hydroxylation is 2. The maximum Gasteiger partial charge on any atom is 0.335 e. The van der Waals surface area contributed by atoms with Gasteiger partial charge in [0.15, 0.2) is 5.82 Å². The Morgan fingerprint density at radius 1 is 0.881 bits per heavy atom. The first-order valence-electron chi connectivity index (χ1n) is 13.1. The van der Waals surface area contributed by atoms with Crippen molar-refractivity contribution >= 4 is 28.2 Å². The van der Waals surface area contributed by atoms with Crippen LogP contribution in [0.25, 0.3) is 27.7 Å². The molecule has 0 spiro atoms. The van der Waals surface area contributed by atoms with E-state index in [1.807, 2.05) is 0 Å². The summed E-state index contributed by atoms with van der Waals surface area (Å²) in [5.74, 6) is -1.82. The van der Waals surface area contributed by atoms with Crippen molar-refractivity contribution in [2.45, 2.75) is 13.0 Å². The number of hydrogen-bond donors (Lipinski definition) is 1. The third kappa shape index (κ3) is 4.58. The van der Waals surface area contributed by atoms with Gasteiger partial charge in [0.1, 0.15) is 5.82 Å². The Balaban J connectivity index is 1.43. The van der Waals surface area contributed by atoms with Gasteiger partial charge in [-0.05, 0) is 66.6 Å². The zero-order valence-electron chi connectivity index (χ0n) is 22.3. The first kappa shape index (κ1) is 26.6. The molecule has 208 valence electrons. The second kappa shape index (κ2) is 10.4. The van der Waals surface area contributed by atoms with Gasteiger partial charge in [0.2, 0.25) is 5.78 Å². The van der Waals surface area contributed by atoms with E-state index in [0.29, 0.717) is 28.7 Å². The highest BCUT2D eigenvalue weighted by molar-refractivity contribution is 6.09. The van der Waals surface area contributed by atoms with E-state index >= 15 is 0 Å². The van der Waals surface area contributed by atoms with Crippen LogP contribution in [0.4, 0.5) is 4.39 Å². The molecule has 10 heteroatoms. The summed E-state index contributed by atoms with van der Waals surface area (Å²) in [6.45, 7) is 0.0783. The molecule has 0 bridgehead atoms. The second-order valence-electron chi connectivity index (χ2n) is 9.86. The van der Waals surface area contributed by atoms with Crippen molar-refractivity contribution in [2.24, 2.45) is 7.05 Å². The molecule has 3 aromatic heterocycles. The number of carbonyl (C=O) groups excluding carboxylic acids is 1. The minimum Gasteiger partial charge on any atom is -0.478 e. The second-order valence-corrected chi connectivity index (χ2v) is 9.86. The van der Waals surface area contributed by atoms with Gasteiger partial charge in [-0.1, -0.05) is 30.3 Å². The van der Waals surface area contributed by atoms with Crippen LogP contribution in [0.5, 0.6) is 0 Å². The van der Waals surface area contributed by atoms with Crippen LogP contribution >= 0.6 is 0 Å². The Hall–Kier alpha value is -5.64. The van der Waals surface area contributed by atoms with E-state index < -0.39 is 23.0 Å². The van der Waals surface area contributed by atoms with E-state index in [-0.39, 0.29) is 34.7 Å². The molecule has 0 unspecified atom stereocenters. The number of carbonyl (C=O) groups is 2. The van der Waals surface area contributed by atoms with Crippen LogP contribution in [0, 0.1) is 5.82 Å². The lowest BCUT2D eigenvalue weighted by Gasteiger charge is -2.12. The summed E-state index contributed by atoms with van der Waals surface area (Å²) in [5.41, 5.74) is 1.98. The van der Waals surface area contributed by atoms with Crippen molar-refractivity contribution in [3.05, 3.63) is 140 Å². The molecule has 9 nitrogen and oxygen atoms in total. The highest BCUT2D eigenvalue weighted by Crippen LogP contribution is 2.27. The number of halogens is 1. The summed E-state index contributed by atoms with van der Waals surface area (Å²) >= 11 is 0. The lowest BCUT2D eigenvalue weighted by Crippen LogP contribution is -2.39. The summed E-state index contributed by atoms with van der Waals surface area (Å²) in [7, 11) is 1.56. The number of aromatic carboxylic acids is 1. The van der Waals surface area contributed by atoms with Crippen molar-refractivity contribution in [3.8, 4) is 11.3 Å². The molecule has 0 saturated heterocycles. The van der Waals surface area contributed by atoms with Crippen LogP contribution in [0.2, 0.25) is 0 Å². The molecule has 3 heterocycles. The molecule has 3 aromatic carbocycles. The average molecular weight is 563 g/mol. The molecule has 0 amide bonds. The monoisotopic (exact) mass is 562 g/mol. The maximum atomic E-state index is 13.8. The van der Waals surface area contributed by atoms with Gasteiger partial charge in [0.25, 0.3) is 5.56 Å². The number of fused-ring (bicyclic) bond motifs is 2. The van der Waals surface area contributed by atoms with Crippen LogP contribution in [0.3, 0.4) is 0 Å². The van der Waals surface area contributed by atoms with Gasteiger partial charge in [-0.2, -0.15) is 0 Å². The maximum absolute atomic E-state index is 13.8. The zero-order valence-corrected chi connectivity index (χ0v) is 22.3. The molecule has 0 aliphatic heterocycles. The first-order chi connectivity index (χ1) is 20.2. The normalized spacial score (nSPS) is 11.3. The summed E-state index contributed by atoms with van der Waals surface area (Å²) in [6.07, 6.45) is 2.03. The summed E-state index contributed by atoms with van der Waals surface area (Å²) in [6, 6.07) is 22.0. The highest BCUT2D eigenvalue weighted by Gasteiger charge is 2.22. The third-order valence-electron chi connectivity index (χ3n) is 7.29. The Kier molecular flexibility index (Phi) is 6.58. The Bertz CT molecular complexity index is 2160. The molecular formula is C32H23FN4O5. The van der Waals surface area contributed by atoms with E-state index in [9.17, 15) is 28.7 Å². The fourth-order valence-corrected chi connectivity index (χ4v) is 5.09. The number of hydrogen-bond acceptors (Lipinski definition) is 5. The van der Waals surface area contributed by atoms with E-state index in [0.717, 1.165) is 10.1 Å². The van der Waals surface area contributed by atoms with Gasteiger partial charge in [-0.3, -0.25) is 23.1 Å². The van der Waals surface area contributed by atoms with Crippen molar-refractivity contribution < 1.29 is 19.1 Å². The number of benzene rings is 3. The van der Waals surface area contributed by atoms with E-state index in [1.54, 1.807) is 72.2 Å². The number of carboxylic acid groups (broad SMARTS) is 1. The molecule has 1 N–H and O–H groups in total. The van der Waals surface area contributed by atoms with Gasteiger partial charge >= 0.3 is 11.7 Å². The van der Waals surface area contributed by atoms with Crippen molar-refractivity contribution in [1.29, 1.82) is 0 Å². The molecule has 0 aliphatic rings. The standard InChI is InChI=1S/C32H23FN4O5/c1-35-25-13-10-21(18-24(25)30(39)37(32(35)42)16-14-19-8-11-23(33)12-9-19)28(38)29-34-27(26-7-2-3-15-36(26)29)20-5-4-6-22(17-20)31(40)41/h2-13,15,17-18H,14,16H2,1H3,(H,40,41). The van der Waals surface area contributed by atoms with Crippen molar-refractivity contribution in [2.75, 3.05) is 0 Å². The van der Waals surface area contributed by atoms with Crippen LogP contribution in [0.1, 0.15) is 32.1 Å². The number of nitrogens with zero attached hydrogens (tertiary/aromatic N) is 4. The smallest absolute Gasteiger partial charge is 0.335 e. The van der Waals surface area contributed by atoms with Gasteiger partial charge in [-0.25, -0.2) is 19.0 Å². The van der Waals surface area contributed by atoms with Crippen LogP contribution in [0.15, 0.2) is 101 Å². The summed E-state index contributed by atoms with van der Waals surface area (Å²) < 4.78 is 17.4. The molecule has 0 fully saturated rings. The average Bonchev–Trinajstić information content (AvgIpc) is 3.40. The first-order valence-corrected chi connectivity index (χ1v) is 13.1. The number of carboxylic acids is 1. The minimum absolute atomic E-state index is 0.0783.